The summed E-state index contributed by atoms with van der Waals surface area (Å²) >= 11 is 0. The highest BCUT2D eigenvalue weighted by Gasteiger charge is 2.14. The third-order valence-corrected chi connectivity index (χ3v) is 2.99. The van der Waals surface area contributed by atoms with E-state index in [-0.39, 0.29) is 17.5 Å². The van der Waals surface area contributed by atoms with E-state index < -0.39 is 17.5 Å². The molecule has 0 saturated carbocycles. The van der Waals surface area contributed by atoms with E-state index in [9.17, 15) is 13.6 Å². The fourth-order valence-corrected chi connectivity index (χ4v) is 1.83. The van der Waals surface area contributed by atoms with Crippen LogP contribution in [-0.4, -0.2) is 5.91 Å². The number of carbonyl (C=O) groups is 1. The fourth-order valence-electron chi connectivity index (χ4n) is 1.83. The quantitative estimate of drug-likeness (QED) is 0.937. The van der Waals surface area contributed by atoms with Crippen LogP contribution in [0.1, 0.15) is 21.5 Å². The zero-order valence-corrected chi connectivity index (χ0v) is 11.3. The van der Waals surface area contributed by atoms with Gasteiger partial charge in [-0.2, -0.15) is 5.26 Å². The maximum atomic E-state index is 13.6. The minimum Gasteiger partial charge on any atom is -0.322 e. The molecule has 1 N–H and O–H groups in total. The molecule has 0 spiro atoms. The smallest absolute Gasteiger partial charge is 0.258 e. The zero-order valence-electron chi connectivity index (χ0n) is 11.3. The van der Waals surface area contributed by atoms with E-state index in [1.165, 1.54) is 13.0 Å². The molecule has 0 radical (unpaired) electrons. The molecule has 3 nitrogen and oxygen atoms in total. The first-order valence-corrected chi connectivity index (χ1v) is 6.24. The molecule has 0 aromatic heterocycles. The number of aryl methyl sites for hydroxylation is 1. The van der Waals surface area contributed by atoms with Crippen LogP contribution in [0.2, 0.25) is 0 Å². The van der Waals surface area contributed by atoms with Crippen LogP contribution >= 0.6 is 0 Å². The summed E-state index contributed by atoms with van der Waals surface area (Å²) in [6, 6.07) is 10.5. The summed E-state index contributed by atoms with van der Waals surface area (Å²) in [5.41, 5.74) is 1.28. The van der Waals surface area contributed by atoms with Crippen molar-refractivity contribution < 1.29 is 13.6 Å². The molecule has 21 heavy (non-hydrogen) atoms. The van der Waals surface area contributed by atoms with Crippen LogP contribution in [0.4, 0.5) is 14.5 Å². The average molecular weight is 286 g/mol. The number of carbonyl (C=O) groups excluding carboxylic acids is 1. The van der Waals surface area contributed by atoms with Crippen LogP contribution in [0.5, 0.6) is 0 Å². The van der Waals surface area contributed by atoms with Gasteiger partial charge in [-0.3, -0.25) is 4.79 Å². The van der Waals surface area contributed by atoms with E-state index in [2.05, 4.69) is 5.32 Å². The Hall–Kier alpha value is -2.74. The summed E-state index contributed by atoms with van der Waals surface area (Å²) in [5, 5.41) is 11.1. The van der Waals surface area contributed by atoms with Crippen molar-refractivity contribution in [3.8, 4) is 6.07 Å². The molecule has 0 atom stereocenters. The Bertz CT molecular complexity index is 718. The summed E-state index contributed by atoms with van der Waals surface area (Å²) in [4.78, 5) is 12.0. The molecule has 2 rings (SSSR count). The third kappa shape index (κ3) is 3.42. The standard InChI is InChI=1S/C16H12F2N2O/c1-10-8-13(15(18)9-14(10)17)16(21)20-12-4-2-11(3-5-12)6-7-19/h2-5,8-9H,6H2,1H3,(H,20,21). The normalized spacial score (nSPS) is 10.0. The minimum absolute atomic E-state index is 0.200. The van der Waals surface area contributed by atoms with Crippen molar-refractivity contribution in [1.29, 1.82) is 5.26 Å². The van der Waals surface area contributed by atoms with Gasteiger partial charge in [-0.15, -0.1) is 0 Å². The molecule has 2 aromatic carbocycles. The van der Waals surface area contributed by atoms with Crippen molar-refractivity contribution in [3.63, 3.8) is 0 Å². The van der Waals surface area contributed by atoms with Crippen molar-refractivity contribution in [3.05, 3.63) is 64.7 Å². The number of amides is 1. The van der Waals surface area contributed by atoms with Gasteiger partial charge in [0.2, 0.25) is 0 Å². The van der Waals surface area contributed by atoms with E-state index in [4.69, 9.17) is 5.26 Å². The van der Waals surface area contributed by atoms with Gasteiger partial charge in [-0.05, 0) is 36.2 Å². The van der Waals surface area contributed by atoms with E-state index in [0.717, 1.165) is 5.56 Å². The first-order chi connectivity index (χ1) is 10.0. The maximum Gasteiger partial charge on any atom is 0.258 e. The Kier molecular flexibility index (Phi) is 4.29. The average Bonchev–Trinajstić information content (AvgIpc) is 2.45. The molecule has 0 fully saturated rings. The van der Waals surface area contributed by atoms with Crippen LogP contribution in [0.25, 0.3) is 0 Å². The van der Waals surface area contributed by atoms with E-state index in [1.807, 2.05) is 6.07 Å². The van der Waals surface area contributed by atoms with Gasteiger partial charge >= 0.3 is 0 Å². The highest BCUT2D eigenvalue weighted by atomic mass is 19.1. The first kappa shape index (κ1) is 14.7. The van der Waals surface area contributed by atoms with Crippen LogP contribution in [0.15, 0.2) is 36.4 Å². The van der Waals surface area contributed by atoms with Crippen molar-refractivity contribution in [2.24, 2.45) is 0 Å². The second kappa shape index (κ2) is 6.14. The van der Waals surface area contributed by atoms with E-state index >= 15 is 0 Å². The van der Waals surface area contributed by atoms with Gasteiger partial charge in [0.25, 0.3) is 5.91 Å². The highest BCUT2D eigenvalue weighted by Crippen LogP contribution is 2.17. The fraction of sp³-hybridized carbons (Fsp3) is 0.125. The van der Waals surface area contributed by atoms with Gasteiger partial charge in [-0.1, -0.05) is 12.1 Å². The molecule has 0 aliphatic heterocycles. The number of hydrogen-bond acceptors (Lipinski definition) is 2. The summed E-state index contributed by atoms with van der Waals surface area (Å²) in [6.45, 7) is 1.46. The van der Waals surface area contributed by atoms with Gasteiger partial charge in [0.15, 0.2) is 0 Å². The van der Waals surface area contributed by atoms with Gasteiger partial charge in [0.05, 0.1) is 18.1 Å². The molecular weight excluding hydrogens is 274 g/mol. The lowest BCUT2D eigenvalue weighted by Gasteiger charge is -2.08. The van der Waals surface area contributed by atoms with Gasteiger partial charge < -0.3 is 5.32 Å². The lowest BCUT2D eigenvalue weighted by atomic mass is 10.1. The molecule has 2 aromatic rings. The Morgan fingerprint density at radius 1 is 1.19 bits per heavy atom. The lowest BCUT2D eigenvalue weighted by molar-refractivity contribution is 0.102. The van der Waals surface area contributed by atoms with Crippen molar-refractivity contribution in [2.45, 2.75) is 13.3 Å². The number of benzene rings is 2. The van der Waals surface area contributed by atoms with Crippen LogP contribution in [-0.2, 0) is 6.42 Å². The SMILES string of the molecule is Cc1cc(C(=O)Nc2ccc(CC#N)cc2)c(F)cc1F. The topological polar surface area (TPSA) is 52.9 Å². The molecular formula is C16H12F2N2O. The maximum absolute atomic E-state index is 13.6. The number of anilines is 1. The van der Waals surface area contributed by atoms with Gasteiger partial charge in [0.1, 0.15) is 11.6 Å². The zero-order chi connectivity index (χ0) is 15.4. The molecule has 5 heteroatoms. The molecule has 0 bridgehead atoms. The van der Waals surface area contributed by atoms with Crippen molar-refractivity contribution in [2.75, 3.05) is 5.32 Å². The number of hydrogen-bond donors (Lipinski definition) is 1. The number of nitrogens with one attached hydrogen (secondary N) is 1. The summed E-state index contributed by atoms with van der Waals surface area (Å²) in [7, 11) is 0. The van der Waals surface area contributed by atoms with Crippen LogP contribution in [0.3, 0.4) is 0 Å². The number of nitriles is 1. The molecule has 0 saturated heterocycles. The first-order valence-electron chi connectivity index (χ1n) is 6.24. The Labute approximate surface area is 120 Å². The Balaban J connectivity index is 2.18. The second-order valence-electron chi connectivity index (χ2n) is 4.57. The third-order valence-electron chi connectivity index (χ3n) is 2.99. The molecule has 0 heterocycles. The highest BCUT2D eigenvalue weighted by molar-refractivity contribution is 6.04. The molecule has 0 unspecified atom stereocenters. The Morgan fingerprint density at radius 3 is 2.48 bits per heavy atom. The summed E-state index contributed by atoms with van der Waals surface area (Å²) in [5.74, 6) is -2.25. The van der Waals surface area contributed by atoms with Crippen molar-refractivity contribution in [1.82, 2.24) is 0 Å². The predicted molar refractivity (Wildman–Crippen MR) is 74.8 cm³/mol. The summed E-state index contributed by atoms with van der Waals surface area (Å²) < 4.78 is 26.8. The number of rotatable bonds is 3. The van der Waals surface area contributed by atoms with Gasteiger partial charge in [-0.25, -0.2) is 8.78 Å². The summed E-state index contributed by atoms with van der Waals surface area (Å²) in [6.07, 6.45) is 0.278. The Morgan fingerprint density at radius 2 is 1.86 bits per heavy atom. The molecule has 1 amide bonds. The second-order valence-corrected chi connectivity index (χ2v) is 4.57. The minimum atomic E-state index is -0.906. The molecule has 0 aliphatic rings. The van der Waals surface area contributed by atoms with E-state index in [1.54, 1.807) is 24.3 Å². The monoisotopic (exact) mass is 286 g/mol. The van der Waals surface area contributed by atoms with Crippen LogP contribution < -0.4 is 5.32 Å². The van der Waals surface area contributed by atoms with E-state index in [0.29, 0.717) is 11.8 Å². The number of halogens is 2. The largest absolute Gasteiger partial charge is 0.322 e. The van der Waals surface area contributed by atoms with Crippen LogP contribution in [0, 0.1) is 29.9 Å². The molecule has 0 aliphatic carbocycles. The van der Waals surface area contributed by atoms with Gasteiger partial charge in [0, 0.05) is 11.8 Å². The number of nitrogens with zero attached hydrogens (tertiary/aromatic N) is 1. The predicted octanol–water partition coefficient (Wildman–Crippen LogP) is 3.59. The molecule has 106 valence electrons. The lowest BCUT2D eigenvalue weighted by Crippen LogP contribution is -2.14. The van der Waals surface area contributed by atoms with Crippen molar-refractivity contribution >= 4 is 11.6 Å².